The first-order valence-electron chi connectivity index (χ1n) is 11.6. The van der Waals surface area contributed by atoms with Crippen LogP contribution in [0.15, 0.2) is 48.5 Å². The molecule has 1 amide bonds. The first-order chi connectivity index (χ1) is 16.4. The summed E-state index contributed by atoms with van der Waals surface area (Å²) in [6.07, 6.45) is 0.491. The molecule has 0 fully saturated rings. The van der Waals surface area contributed by atoms with Gasteiger partial charge in [-0.1, -0.05) is 55.0 Å². The van der Waals surface area contributed by atoms with E-state index in [9.17, 15) is 19.3 Å². The van der Waals surface area contributed by atoms with Crippen molar-refractivity contribution in [1.82, 2.24) is 5.32 Å². The lowest BCUT2D eigenvalue weighted by Gasteiger charge is -2.19. The summed E-state index contributed by atoms with van der Waals surface area (Å²) in [5.41, 5.74) is 4.40. The van der Waals surface area contributed by atoms with Crippen LogP contribution < -0.4 is 5.32 Å². The molecule has 0 bridgehead atoms. The molecule has 0 unspecified atom stereocenters. The lowest BCUT2D eigenvalue weighted by atomic mass is 9.98. The monoisotopic (exact) mass is 489 g/mol. The van der Waals surface area contributed by atoms with E-state index >= 15 is 0 Å². The molecule has 9 heteroatoms. The Hall–Kier alpha value is -2.67. The van der Waals surface area contributed by atoms with E-state index in [2.05, 4.69) is 5.32 Å². The Morgan fingerprint density at radius 2 is 1.53 bits per heavy atom. The molecule has 8 nitrogen and oxygen atoms in total. The number of alkyl carbamates (subject to hydrolysis) is 1. The second-order valence-corrected chi connectivity index (χ2v) is 10.2. The number of ether oxygens (including phenoxy) is 1. The number of carbonyl (C=O) groups is 2. The second-order valence-electron chi connectivity index (χ2n) is 8.03. The Kier molecular flexibility index (Phi) is 9.28. The van der Waals surface area contributed by atoms with Gasteiger partial charge in [0.05, 0.1) is 19.4 Å². The maximum Gasteiger partial charge on any atom is 0.407 e. The third-order valence-electron chi connectivity index (χ3n) is 5.76. The number of carboxylic acid groups (broad SMARTS) is 1. The Morgan fingerprint density at radius 3 is 2.06 bits per heavy atom. The number of carbonyl (C=O) groups excluding carboxylic acids is 1. The van der Waals surface area contributed by atoms with Crippen molar-refractivity contribution in [2.45, 2.75) is 45.1 Å². The van der Waals surface area contributed by atoms with Gasteiger partial charge in [-0.2, -0.15) is 0 Å². The zero-order valence-corrected chi connectivity index (χ0v) is 20.5. The fourth-order valence-electron chi connectivity index (χ4n) is 4.25. The van der Waals surface area contributed by atoms with E-state index in [1.807, 2.05) is 48.5 Å². The van der Waals surface area contributed by atoms with Crippen LogP contribution >= 0.6 is 7.60 Å². The van der Waals surface area contributed by atoms with Gasteiger partial charge in [0, 0.05) is 5.92 Å². The summed E-state index contributed by atoms with van der Waals surface area (Å²) < 4.78 is 28.4. The maximum atomic E-state index is 12.5. The van der Waals surface area contributed by atoms with Crippen LogP contribution in [0.5, 0.6) is 0 Å². The van der Waals surface area contributed by atoms with Crippen LogP contribution in [0, 0.1) is 0 Å². The summed E-state index contributed by atoms with van der Waals surface area (Å²) in [6.45, 7) is 4.14. The molecule has 0 saturated carbocycles. The number of nitrogens with one attached hydrogen (secondary N) is 1. The molecule has 3 rings (SSSR count). The zero-order chi connectivity index (χ0) is 24.6. The highest BCUT2D eigenvalue weighted by atomic mass is 31.2. The summed E-state index contributed by atoms with van der Waals surface area (Å²) >= 11 is 0. The van der Waals surface area contributed by atoms with E-state index in [0.717, 1.165) is 22.3 Å². The Bertz CT molecular complexity index is 986. The van der Waals surface area contributed by atoms with E-state index in [-0.39, 0.29) is 38.3 Å². The van der Waals surface area contributed by atoms with Gasteiger partial charge < -0.3 is 24.2 Å². The number of fused-ring (bicyclic) bond motifs is 3. The normalized spacial score (nSPS) is 13.7. The number of aliphatic carboxylic acids is 1. The van der Waals surface area contributed by atoms with E-state index < -0.39 is 25.7 Å². The van der Waals surface area contributed by atoms with Crippen molar-refractivity contribution in [1.29, 1.82) is 0 Å². The fraction of sp³-hybridized carbons (Fsp3) is 0.440. The molecule has 0 aromatic heterocycles. The van der Waals surface area contributed by atoms with Gasteiger partial charge in [-0.05, 0) is 48.9 Å². The Labute approximate surface area is 200 Å². The van der Waals surface area contributed by atoms with Crippen LogP contribution in [0.4, 0.5) is 4.79 Å². The smallest absolute Gasteiger partial charge is 0.407 e. The van der Waals surface area contributed by atoms with Crippen molar-refractivity contribution in [3.63, 3.8) is 0 Å². The third kappa shape index (κ3) is 6.47. The first kappa shape index (κ1) is 25.9. The largest absolute Gasteiger partial charge is 0.480 e. The molecular formula is C25H32NO7P. The Balaban J connectivity index is 1.52. The first-order valence-corrected chi connectivity index (χ1v) is 13.3. The standard InChI is InChI=1S/C25H32NO7P/c1-3-32-34(30,33-4-2)16-10-9-15-23(24(27)28)26-25(29)31-17-22-20-13-7-5-11-18(20)19-12-6-8-14-21(19)22/h5-8,11-14,22-23H,3-4,9-10,15-17H2,1-2H3,(H,26,29)(H,27,28)/t23-/m0/s1. The number of hydrogen-bond donors (Lipinski definition) is 2. The molecule has 0 saturated heterocycles. The van der Waals surface area contributed by atoms with Crippen LogP contribution in [0.2, 0.25) is 0 Å². The Morgan fingerprint density at radius 1 is 0.971 bits per heavy atom. The lowest BCUT2D eigenvalue weighted by molar-refractivity contribution is -0.139. The average molecular weight is 490 g/mol. The minimum atomic E-state index is -3.17. The van der Waals surface area contributed by atoms with Crippen molar-refractivity contribution >= 4 is 19.7 Å². The van der Waals surface area contributed by atoms with Gasteiger partial charge >= 0.3 is 19.7 Å². The molecule has 2 aromatic carbocycles. The van der Waals surface area contributed by atoms with E-state index in [0.29, 0.717) is 12.8 Å². The molecular weight excluding hydrogens is 457 g/mol. The number of carboxylic acids is 1. The minimum absolute atomic E-state index is 0.104. The van der Waals surface area contributed by atoms with Crippen LogP contribution in [0.1, 0.15) is 50.2 Å². The van der Waals surface area contributed by atoms with Crippen molar-refractivity contribution in [2.75, 3.05) is 26.0 Å². The van der Waals surface area contributed by atoms with Gasteiger partial charge in [0.25, 0.3) is 0 Å². The summed E-state index contributed by atoms with van der Waals surface area (Å²) in [5.74, 6) is -1.25. The fourth-order valence-corrected chi connectivity index (χ4v) is 5.98. The van der Waals surface area contributed by atoms with Gasteiger partial charge in [0.15, 0.2) is 0 Å². The summed E-state index contributed by atoms with van der Waals surface area (Å²) in [7, 11) is -3.17. The molecule has 1 aliphatic rings. The molecule has 1 aliphatic carbocycles. The van der Waals surface area contributed by atoms with Crippen LogP contribution in [-0.2, 0) is 23.1 Å². The highest BCUT2D eigenvalue weighted by molar-refractivity contribution is 7.53. The van der Waals surface area contributed by atoms with E-state index in [1.165, 1.54) is 0 Å². The minimum Gasteiger partial charge on any atom is -0.480 e. The number of rotatable bonds is 13. The molecule has 0 aliphatic heterocycles. The SMILES string of the molecule is CCOP(=O)(CCCC[C@H](NC(=O)OCC1c2ccccc2-c2ccccc21)C(=O)O)OCC. The highest BCUT2D eigenvalue weighted by Crippen LogP contribution is 2.48. The van der Waals surface area contributed by atoms with Crippen molar-refractivity contribution in [3.05, 3.63) is 59.7 Å². The highest BCUT2D eigenvalue weighted by Gasteiger charge is 2.30. The molecule has 2 N–H and O–H groups in total. The summed E-state index contributed by atoms with van der Waals surface area (Å²) in [5, 5.41) is 12.0. The molecule has 0 heterocycles. The van der Waals surface area contributed by atoms with Gasteiger partial charge in [-0.15, -0.1) is 0 Å². The van der Waals surface area contributed by atoms with Crippen LogP contribution in [-0.4, -0.2) is 49.2 Å². The molecule has 34 heavy (non-hydrogen) atoms. The summed E-state index contributed by atoms with van der Waals surface area (Å²) in [6, 6.07) is 14.9. The molecule has 2 aromatic rings. The van der Waals surface area contributed by atoms with Crippen molar-refractivity contribution in [2.24, 2.45) is 0 Å². The number of unbranched alkanes of at least 4 members (excludes halogenated alkanes) is 1. The van der Waals surface area contributed by atoms with Crippen LogP contribution in [0.25, 0.3) is 11.1 Å². The molecule has 0 radical (unpaired) electrons. The molecule has 1 atom stereocenters. The molecule has 0 spiro atoms. The van der Waals surface area contributed by atoms with Crippen molar-refractivity contribution in [3.8, 4) is 11.1 Å². The van der Waals surface area contributed by atoms with Crippen molar-refractivity contribution < 1.29 is 33.0 Å². The average Bonchev–Trinajstić information content (AvgIpc) is 3.13. The van der Waals surface area contributed by atoms with Crippen LogP contribution in [0.3, 0.4) is 0 Å². The topological polar surface area (TPSA) is 111 Å². The number of amides is 1. The number of benzene rings is 2. The lowest BCUT2D eigenvalue weighted by Crippen LogP contribution is -2.41. The van der Waals surface area contributed by atoms with Gasteiger partial charge in [-0.3, -0.25) is 4.57 Å². The predicted octanol–water partition coefficient (Wildman–Crippen LogP) is 5.41. The van der Waals surface area contributed by atoms with Gasteiger partial charge in [-0.25, -0.2) is 9.59 Å². The van der Waals surface area contributed by atoms with E-state index in [4.69, 9.17) is 13.8 Å². The molecule has 184 valence electrons. The zero-order valence-electron chi connectivity index (χ0n) is 19.6. The predicted molar refractivity (Wildman–Crippen MR) is 129 cm³/mol. The van der Waals surface area contributed by atoms with E-state index in [1.54, 1.807) is 13.8 Å². The van der Waals surface area contributed by atoms with Gasteiger partial charge in [0.2, 0.25) is 0 Å². The summed E-state index contributed by atoms with van der Waals surface area (Å²) in [4.78, 5) is 24.1. The third-order valence-corrected chi connectivity index (χ3v) is 7.93. The maximum absolute atomic E-state index is 12.5. The quantitative estimate of drug-likeness (QED) is 0.286. The van der Waals surface area contributed by atoms with Gasteiger partial charge in [0.1, 0.15) is 12.6 Å². The second kappa shape index (κ2) is 12.2. The number of hydrogen-bond acceptors (Lipinski definition) is 6.